The highest BCUT2D eigenvalue weighted by Gasteiger charge is 2.13. The summed E-state index contributed by atoms with van der Waals surface area (Å²) in [5.41, 5.74) is 11.1. The predicted octanol–water partition coefficient (Wildman–Crippen LogP) is 2.53. The van der Waals surface area contributed by atoms with Crippen LogP contribution in [0.5, 0.6) is 0 Å². The molecule has 0 aliphatic carbocycles. The third-order valence-electron chi connectivity index (χ3n) is 3.82. The molecule has 5 heteroatoms. The van der Waals surface area contributed by atoms with Gasteiger partial charge in [0.25, 0.3) is 0 Å². The van der Waals surface area contributed by atoms with Gasteiger partial charge in [0.1, 0.15) is 5.82 Å². The number of aromatic nitrogens is 4. The Morgan fingerprint density at radius 2 is 2.00 bits per heavy atom. The highest BCUT2D eigenvalue weighted by Crippen LogP contribution is 2.21. The molecule has 2 aromatic heterocycles. The summed E-state index contributed by atoms with van der Waals surface area (Å²) in [5.74, 6) is 1.08. The molecule has 0 unspecified atom stereocenters. The lowest BCUT2D eigenvalue weighted by Crippen LogP contribution is -2.05. The van der Waals surface area contributed by atoms with Crippen molar-refractivity contribution in [2.45, 2.75) is 33.2 Å². The van der Waals surface area contributed by atoms with Gasteiger partial charge in [-0.2, -0.15) is 5.10 Å². The molecular weight excluding hydrogens is 262 g/mol. The van der Waals surface area contributed by atoms with Gasteiger partial charge < -0.3 is 10.3 Å². The van der Waals surface area contributed by atoms with Crippen molar-refractivity contribution in [3.8, 4) is 0 Å². The molecule has 21 heavy (non-hydrogen) atoms. The fourth-order valence-electron chi connectivity index (χ4n) is 2.83. The van der Waals surface area contributed by atoms with Crippen molar-refractivity contribution in [1.82, 2.24) is 19.3 Å². The van der Waals surface area contributed by atoms with Gasteiger partial charge in [0.2, 0.25) is 0 Å². The van der Waals surface area contributed by atoms with Gasteiger partial charge in [-0.1, -0.05) is 13.8 Å². The van der Waals surface area contributed by atoms with Crippen LogP contribution in [0.15, 0.2) is 24.4 Å². The van der Waals surface area contributed by atoms with Crippen LogP contribution in [0.1, 0.15) is 30.9 Å². The van der Waals surface area contributed by atoms with Crippen molar-refractivity contribution in [2.75, 3.05) is 5.73 Å². The summed E-state index contributed by atoms with van der Waals surface area (Å²) in [7, 11) is 1.97. The molecule has 0 bridgehead atoms. The van der Waals surface area contributed by atoms with Crippen LogP contribution in [0.3, 0.4) is 0 Å². The van der Waals surface area contributed by atoms with E-state index in [1.165, 1.54) is 5.56 Å². The SMILES string of the molecule is CCc1nn(C)cc1Cn1c(CC)nc2cc(N)ccc21. The first-order valence-electron chi connectivity index (χ1n) is 7.38. The second kappa shape index (κ2) is 5.24. The van der Waals surface area contributed by atoms with Crippen molar-refractivity contribution in [3.63, 3.8) is 0 Å². The molecule has 0 fully saturated rings. The van der Waals surface area contributed by atoms with Crippen LogP contribution in [0.4, 0.5) is 5.69 Å². The second-order valence-electron chi connectivity index (χ2n) is 5.34. The zero-order valence-corrected chi connectivity index (χ0v) is 12.8. The average Bonchev–Trinajstić information content (AvgIpc) is 2.99. The second-order valence-corrected chi connectivity index (χ2v) is 5.34. The Morgan fingerprint density at radius 1 is 1.19 bits per heavy atom. The summed E-state index contributed by atoms with van der Waals surface area (Å²) in [6, 6.07) is 5.93. The number of rotatable bonds is 4. The molecule has 0 spiro atoms. The molecule has 0 saturated heterocycles. The minimum atomic E-state index is 0.755. The number of hydrogen-bond acceptors (Lipinski definition) is 3. The van der Waals surface area contributed by atoms with Gasteiger partial charge in [0.05, 0.1) is 23.3 Å². The van der Waals surface area contributed by atoms with Crippen LogP contribution in [0.25, 0.3) is 11.0 Å². The van der Waals surface area contributed by atoms with Crippen LogP contribution < -0.4 is 5.73 Å². The quantitative estimate of drug-likeness (QED) is 0.748. The van der Waals surface area contributed by atoms with Crippen molar-refractivity contribution in [3.05, 3.63) is 41.5 Å². The van der Waals surface area contributed by atoms with Crippen LogP contribution in [-0.4, -0.2) is 19.3 Å². The van der Waals surface area contributed by atoms with Gasteiger partial charge >= 0.3 is 0 Å². The average molecular weight is 283 g/mol. The molecule has 0 saturated carbocycles. The Bertz CT molecular complexity index is 781. The first-order valence-corrected chi connectivity index (χ1v) is 7.38. The third-order valence-corrected chi connectivity index (χ3v) is 3.82. The van der Waals surface area contributed by atoms with E-state index in [0.717, 1.165) is 47.6 Å². The lowest BCUT2D eigenvalue weighted by Gasteiger charge is -2.08. The van der Waals surface area contributed by atoms with E-state index in [0.29, 0.717) is 0 Å². The highest BCUT2D eigenvalue weighted by molar-refractivity contribution is 5.79. The van der Waals surface area contributed by atoms with Crippen molar-refractivity contribution in [1.29, 1.82) is 0 Å². The van der Waals surface area contributed by atoms with Gasteiger partial charge in [-0.05, 0) is 24.6 Å². The van der Waals surface area contributed by atoms with E-state index in [1.54, 1.807) is 0 Å². The first kappa shape index (κ1) is 13.7. The van der Waals surface area contributed by atoms with Gasteiger partial charge in [0, 0.05) is 30.9 Å². The molecule has 3 rings (SSSR count). The summed E-state index contributed by atoms with van der Waals surface area (Å²) < 4.78 is 4.15. The van der Waals surface area contributed by atoms with Crippen LogP contribution >= 0.6 is 0 Å². The molecule has 0 amide bonds. The number of fused-ring (bicyclic) bond motifs is 1. The standard InChI is InChI=1S/C16H21N5/c1-4-13-11(9-20(3)19-13)10-21-15-7-6-12(17)8-14(15)18-16(21)5-2/h6-9H,4-5,10,17H2,1-3H3. The highest BCUT2D eigenvalue weighted by atomic mass is 15.3. The molecule has 1 aromatic carbocycles. The van der Waals surface area contributed by atoms with Gasteiger partial charge in [-0.25, -0.2) is 4.98 Å². The van der Waals surface area contributed by atoms with Crippen LogP contribution in [0, 0.1) is 0 Å². The summed E-state index contributed by atoms with van der Waals surface area (Å²) in [5, 5.41) is 4.52. The largest absolute Gasteiger partial charge is 0.399 e. The number of hydrogen-bond donors (Lipinski definition) is 1. The van der Waals surface area contributed by atoms with E-state index in [1.807, 2.05) is 23.9 Å². The van der Waals surface area contributed by atoms with Crippen molar-refractivity contribution >= 4 is 16.7 Å². The monoisotopic (exact) mass is 283 g/mol. The minimum Gasteiger partial charge on any atom is -0.399 e. The van der Waals surface area contributed by atoms with E-state index in [4.69, 9.17) is 10.7 Å². The van der Waals surface area contributed by atoms with E-state index < -0.39 is 0 Å². The maximum Gasteiger partial charge on any atom is 0.109 e. The molecule has 0 aliphatic heterocycles. The topological polar surface area (TPSA) is 61.7 Å². The Kier molecular flexibility index (Phi) is 3.41. The van der Waals surface area contributed by atoms with E-state index in [-0.39, 0.29) is 0 Å². The number of aryl methyl sites for hydroxylation is 3. The number of benzene rings is 1. The fraction of sp³-hybridized carbons (Fsp3) is 0.375. The molecule has 110 valence electrons. The predicted molar refractivity (Wildman–Crippen MR) is 85.2 cm³/mol. The number of imidazole rings is 1. The molecule has 3 aromatic rings. The van der Waals surface area contributed by atoms with Crippen LogP contribution in [-0.2, 0) is 26.4 Å². The van der Waals surface area contributed by atoms with Gasteiger partial charge in [0.15, 0.2) is 0 Å². The van der Waals surface area contributed by atoms with Crippen LogP contribution in [0.2, 0.25) is 0 Å². The maximum absolute atomic E-state index is 5.86. The Labute approximate surface area is 124 Å². The summed E-state index contributed by atoms with van der Waals surface area (Å²) >= 11 is 0. The third kappa shape index (κ3) is 2.39. The maximum atomic E-state index is 5.86. The molecular formula is C16H21N5. The lowest BCUT2D eigenvalue weighted by atomic mass is 10.2. The molecule has 5 nitrogen and oxygen atoms in total. The van der Waals surface area contributed by atoms with Gasteiger partial charge in [-0.3, -0.25) is 4.68 Å². The molecule has 0 aliphatic rings. The number of nitrogen functional groups attached to an aromatic ring is 1. The Morgan fingerprint density at radius 3 is 2.71 bits per heavy atom. The van der Waals surface area contributed by atoms with Gasteiger partial charge in [-0.15, -0.1) is 0 Å². The lowest BCUT2D eigenvalue weighted by molar-refractivity contribution is 0.746. The normalized spacial score (nSPS) is 11.4. The zero-order valence-electron chi connectivity index (χ0n) is 12.8. The Hall–Kier alpha value is -2.30. The number of nitrogens with zero attached hydrogens (tertiary/aromatic N) is 4. The molecule has 2 N–H and O–H groups in total. The molecule has 0 radical (unpaired) electrons. The fourth-order valence-corrected chi connectivity index (χ4v) is 2.83. The smallest absolute Gasteiger partial charge is 0.109 e. The summed E-state index contributed by atoms with van der Waals surface area (Å²) in [4.78, 5) is 4.71. The van der Waals surface area contributed by atoms with Crippen molar-refractivity contribution < 1.29 is 0 Å². The summed E-state index contributed by atoms with van der Waals surface area (Å²) in [6.45, 7) is 5.07. The molecule has 2 heterocycles. The van der Waals surface area contributed by atoms with E-state index in [2.05, 4.69) is 35.8 Å². The first-order chi connectivity index (χ1) is 10.1. The Balaban J connectivity index is 2.10. The zero-order chi connectivity index (χ0) is 15.0. The summed E-state index contributed by atoms with van der Waals surface area (Å²) in [6.07, 6.45) is 3.94. The minimum absolute atomic E-state index is 0.755. The van der Waals surface area contributed by atoms with E-state index >= 15 is 0 Å². The number of anilines is 1. The van der Waals surface area contributed by atoms with E-state index in [9.17, 15) is 0 Å². The van der Waals surface area contributed by atoms with Crippen molar-refractivity contribution in [2.24, 2.45) is 7.05 Å². The molecule has 0 atom stereocenters. The number of nitrogens with two attached hydrogens (primary N) is 1.